The van der Waals surface area contributed by atoms with Crippen molar-refractivity contribution in [2.45, 2.75) is 25.8 Å². The molecule has 3 aromatic rings. The Hall–Kier alpha value is -3.16. The van der Waals surface area contributed by atoms with Crippen LogP contribution in [0.25, 0.3) is 5.69 Å². The summed E-state index contributed by atoms with van der Waals surface area (Å²) in [6.07, 6.45) is 0. The van der Waals surface area contributed by atoms with Crippen molar-refractivity contribution in [3.63, 3.8) is 0 Å². The highest BCUT2D eigenvalue weighted by Gasteiger charge is 2.34. The van der Waals surface area contributed by atoms with Crippen molar-refractivity contribution in [2.75, 3.05) is 38.7 Å². The molecule has 1 aliphatic rings. The zero-order valence-electron chi connectivity index (χ0n) is 18.9. The molecule has 2 aromatic carbocycles. The zero-order chi connectivity index (χ0) is 22.5. The lowest BCUT2D eigenvalue weighted by Crippen LogP contribution is -2.42. The van der Waals surface area contributed by atoms with Crippen LogP contribution in [0.5, 0.6) is 0 Å². The Morgan fingerprint density at radius 2 is 1.75 bits per heavy atom. The van der Waals surface area contributed by atoms with Gasteiger partial charge < -0.3 is 10.1 Å². The van der Waals surface area contributed by atoms with Crippen LogP contribution in [0.2, 0.25) is 0 Å². The van der Waals surface area contributed by atoms with Gasteiger partial charge in [-0.1, -0.05) is 48.5 Å². The molecule has 2 N–H and O–H groups in total. The van der Waals surface area contributed by atoms with E-state index in [2.05, 4.69) is 44.9 Å². The summed E-state index contributed by atoms with van der Waals surface area (Å²) in [6.45, 7) is 7.12. The van der Waals surface area contributed by atoms with Gasteiger partial charge in [0.2, 0.25) is 0 Å². The predicted octanol–water partition coefficient (Wildman–Crippen LogP) is 3.73. The first-order valence-electron chi connectivity index (χ1n) is 11.0. The maximum Gasteiger partial charge on any atom is 0.320 e. The molecule has 0 spiro atoms. The number of carbonyl (C=O) groups is 1. The van der Waals surface area contributed by atoms with Crippen LogP contribution in [0.4, 0.5) is 10.6 Å². The number of methoxy groups -OCH3 is 1. The van der Waals surface area contributed by atoms with Gasteiger partial charge in [-0.15, -0.1) is 0 Å². The zero-order valence-corrected chi connectivity index (χ0v) is 18.9. The van der Waals surface area contributed by atoms with E-state index < -0.39 is 0 Å². The lowest BCUT2D eigenvalue weighted by molar-refractivity contribution is 0.159. The van der Waals surface area contributed by atoms with Gasteiger partial charge in [0.05, 0.1) is 24.0 Å². The van der Waals surface area contributed by atoms with Crippen molar-refractivity contribution < 1.29 is 9.53 Å². The standard InChI is InChI=1S/C25H31N5O2/c1-18-19(2)28-30(21-12-8-5-9-13-21)24(18)27-25(31)26-23-17-29(14-15-32-3)16-22(23)20-10-6-4-7-11-20/h4-13,22-23H,14-17H2,1-3H3,(H2,26,27,31)/t22-,23+/m0/s1. The van der Waals surface area contributed by atoms with E-state index >= 15 is 0 Å². The van der Waals surface area contributed by atoms with Gasteiger partial charge in [-0.25, -0.2) is 9.48 Å². The van der Waals surface area contributed by atoms with Crippen LogP contribution in [0, 0.1) is 13.8 Å². The first kappa shape index (κ1) is 22.0. The van der Waals surface area contributed by atoms with E-state index in [-0.39, 0.29) is 18.0 Å². The molecule has 4 rings (SSSR count). The molecule has 0 bridgehead atoms. The fourth-order valence-electron chi connectivity index (χ4n) is 4.29. The van der Waals surface area contributed by atoms with Gasteiger partial charge in [0.25, 0.3) is 0 Å². The molecule has 2 amide bonds. The van der Waals surface area contributed by atoms with E-state index in [0.29, 0.717) is 12.4 Å². The number of benzene rings is 2. The largest absolute Gasteiger partial charge is 0.383 e. The first-order chi connectivity index (χ1) is 15.6. The Balaban J connectivity index is 1.52. The number of likely N-dealkylation sites (tertiary alicyclic amines) is 1. The Morgan fingerprint density at radius 1 is 1.06 bits per heavy atom. The van der Waals surface area contributed by atoms with Crippen LogP contribution in [0.1, 0.15) is 22.7 Å². The highest BCUT2D eigenvalue weighted by Crippen LogP contribution is 2.28. The quantitative estimate of drug-likeness (QED) is 0.596. The minimum atomic E-state index is -0.218. The maximum absolute atomic E-state index is 13.1. The van der Waals surface area contributed by atoms with Crippen LogP contribution in [-0.2, 0) is 4.74 Å². The average Bonchev–Trinajstić information content (AvgIpc) is 3.34. The SMILES string of the molecule is COCCN1C[C@@H](NC(=O)Nc2c(C)c(C)nn2-c2ccccc2)[C@H](c2ccccc2)C1. The minimum absolute atomic E-state index is 0.00348. The Morgan fingerprint density at radius 3 is 2.44 bits per heavy atom. The number of anilines is 1. The van der Waals surface area contributed by atoms with Crippen molar-refractivity contribution in [1.82, 2.24) is 20.0 Å². The molecule has 7 nitrogen and oxygen atoms in total. The number of nitrogens with one attached hydrogen (secondary N) is 2. The summed E-state index contributed by atoms with van der Waals surface area (Å²) in [5, 5.41) is 10.9. The molecule has 2 heterocycles. The number of hydrogen-bond acceptors (Lipinski definition) is 4. The van der Waals surface area contributed by atoms with Gasteiger partial charge in [-0.3, -0.25) is 10.2 Å². The van der Waals surface area contributed by atoms with E-state index in [9.17, 15) is 4.79 Å². The van der Waals surface area contributed by atoms with Crippen LogP contribution >= 0.6 is 0 Å². The first-order valence-corrected chi connectivity index (χ1v) is 11.0. The Bertz CT molecular complexity index is 1040. The molecule has 0 saturated carbocycles. The third-order valence-corrected chi connectivity index (χ3v) is 6.14. The summed E-state index contributed by atoms with van der Waals surface area (Å²) in [4.78, 5) is 15.4. The molecule has 2 atom stereocenters. The van der Waals surface area contributed by atoms with Gasteiger partial charge in [0, 0.05) is 38.2 Å². The van der Waals surface area contributed by atoms with Crippen LogP contribution < -0.4 is 10.6 Å². The van der Waals surface area contributed by atoms with E-state index in [0.717, 1.165) is 36.6 Å². The molecule has 0 radical (unpaired) electrons. The Labute approximate surface area is 189 Å². The maximum atomic E-state index is 13.1. The third kappa shape index (κ3) is 4.84. The lowest BCUT2D eigenvalue weighted by Gasteiger charge is -2.21. The molecule has 1 fully saturated rings. The number of aryl methyl sites for hydroxylation is 1. The second-order valence-corrected chi connectivity index (χ2v) is 8.28. The van der Waals surface area contributed by atoms with Crippen molar-refractivity contribution >= 4 is 11.8 Å². The summed E-state index contributed by atoms with van der Waals surface area (Å²) < 4.78 is 7.05. The second kappa shape index (κ2) is 9.97. The van der Waals surface area contributed by atoms with Crippen LogP contribution in [0.3, 0.4) is 0 Å². The number of para-hydroxylation sites is 1. The summed E-state index contributed by atoms with van der Waals surface area (Å²) in [5.74, 6) is 0.914. The van der Waals surface area contributed by atoms with Crippen LogP contribution in [0.15, 0.2) is 60.7 Å². The molecule has 32 heavy (non-hydrogen) atoms. The smallest absolute Gasteiger partial charge is 0.320 e. The summed E-state index contributed by atoms with van der Waals surface area (Å²) in [6, 6.07) is 20.0. The number of amides is 2. The molecule has 0 unspecified atom stereocenters. The van der Waals surface area contributed by atoms with Crippen molar-refractivity contribution in [1.29, 1.82) is 0 Å². The predicted molar refractivity (Wildman–Crippen MR) is 126 cm³/mol. The topological polar surface area (TPSA) is 71.4 Å². The number of aromatic nitrogens is 2. The third-order valence-electron chi connectivity index (χ3n) is 6.14. The number of rotatable bonds is 7. The molecule has 7 heteroatoms. The van der Waals surface area contributed by atoms with Gasteiger partial charge >= 0.3 is 6.03 Å². The molecule has 1 aromatic heterocycles. The van der Waals surface area contributed by atoms with Crippen molar-refractivity contribution in [2.24, 2.45) is 0 Å². The highest BCUT2D eigenvalue weighted by atomic mass is 16.5. The molecule has 1 saturated heterocycles. The normalized spacial score (nSPS) is 18.6. The highest BCUT2D eigenvalue weighted by molar-refractivity contribution is 5.90. The number of nitrogens with zero attached hydrogens (tertiary/aromatic N) is 3. The average molecular weight is 434 g/mol. The van der Waals surface area contributed by atoms with Crippen LogP contribution in [-0.4, -0.2) is 60.1 Å². The summed E-state index contributed by atoms with van der Waals surface area (Å²) in [7, 11) is 1.72. The summed E-state index contributed by atoms with van der Waals surface area (Å²) in [5.41, 5.74) is 3.99. The Kier molecular flexibility index (Phi) is 6.87. The number of urea groups is 1. The lowest BCUT2D eigenvalue weighted by atomic mass is 9.94. The number of hydrogen-bond donors (Lipinski definition) is 2. The fraction of sp³-hybridized carbons (Fsp3) is 0.360. The molecular formula is C25H31N5O2. The minimum Gasteiger partial charge on any atom is -0.383 e. The van der Waals surface area contributed by atoms with Crippen molar-refractivity contribution in [3.05, 3.63) is 77.5 Å². The van der Waals surface area contributed by atoms with E-state index in [1.807, 2.05) is 50.2 Å². The molecule has 168 valence electrons. The van der Waals surface area contributed by atoms with Crippen molar-refractivity contribution in [3.8, 4) is 5.69 Å². The van der Waals surface area contributed by atoms with E-state index in [1.165, 1.54) is 5.56 Å². The van der Waals surface area contributed by atoms with E-state index in [1.54, 1.807) is 11.8 Å². The molecule has 1 aliphatic heterocycles. The summed E-state index contributed by atoms with van der Waals surface area (Å²) >= 11 is 0. The van der Waals surface area contributed by atoms with Gasteiger partial charge in [-0.05, 0) is 31.5 Å². The van der Waals surface area contributed by atoms with Gasteiger partial charge in [0.1, 0.15) is 5.82 Å². The fourth-order valence-corrected chi connectivity index (χ4v) is 4.29. The monoisotopic (exact) mass is 433 g/mol. The van der Waals surface area contributed by atoms with Gasteiger partial charge in [-0.2, -0.15) is 5.10 Å². The van der Waals surface area contributed by atoms with E-state index in [4.69, 9.17) is 4.74 Å². The molecular weight excluding hydrogens is 402 g/mol. The number of carbonyl (C=O) groups excluding carboxylic acids is 1. The van der Waals surface area contributed by atoms with Gasteiger partial charge in [0.15, 0.2) is 0 Å². The number of ether oxygens (including phenoxy) is 1. The second-order valence-electron chi connectivity index (χ2n) is 8.28. The molecule has 0 aliphatic carbocycles.